The Hall–Kier alpha value is -6.06. The van der Waals surface area contributed by atoms with Crippen molar-refractivity contribution in [1.82, 2.24) is 19.5 Å². The van der Waals surface area contributed by atoms with Crippen molar-refractivity contribution in [3.63, 3.8) is 0 Å². The Morgan fingerprint density at radius 1 is 0.981 bits per heavy atom. The van der Waals surface area contributed by atoms with E-state index < -0.39 is 17.4 Å². The lowest BCUT2D eigenvalue weighted by molar-refractivity contribution is 0.0636. The van der Waals surface area contributed by atoms with Crippen LogP contribution in [0.4, 0.5) is 11.8 Å². The number of aliphatic hydroxyl groups is 2. The van der Waals surface area contributed by atoms with E-state index in [9.17, 15) is 24.6 Å². The molecule has 1 saturated carbocycles. The van der Waals surface area contributed by atoms with Gasteiger partial charge in [-0.05, 0) is 43.5 Å². The monoisotopic (exact) mass is 720 g/mol. The number of benzene rings is 2. The molecule has 1 fully saturated rings. The fourth-order valence-electron chi connectivity index (χ4n) is 6.35. The molecule has 15 heteroatoms. The van der Waals surface area contributed by atoms with Crippen molar-refractivity contribution in [2.45, 2.75) is 50.8 Å². The zero-order chi connectivity index (χ0) is 36.6. The second-order valence-corrected chi connectivity index (χ2v) is 13.2. The number of carbonyl (C=O) groups excluding carboxylic acids is 1. The molecule has 0 bridgehead atoms. The van der Waals surface area contributed by atoms with Gasteiger partial charge in [0.25, 0.3) is 5.91 Å². The van der Waals surface area contributed by atoms with Gasteiger partial charge >= 0.3 is 0 Å². The smallest absolute Gasteiger partial charge is 0.293 e. The van der Waals surface area contributed by atoms with Crippen LogP contribution in [0.15, 0.2) is 85.4 Å². The van der Waals surface area contributed by atoms with Crippen molar-refractivity contribution in [3.8, 4) is 11.5 Å². The zero-order valence-corrected chi connectivity index (χ0v) is 28.7. The van der Waals surface area contributed by atoms with Gasteiger partial charge in [0.2, 0.25) is 5.95 Å². The third kappa shape index (κ3) is 6.95. The maximum Gasteiger partial charge on any atom is 0.293 e. The molecule has 4 aromatic heterocycles. The van der Waals surface area contributed by atoms with Crippen LogP contribution in [-0.2, 0) is 6.42 Å². The van der Waals surface area contributed by atoms with Gasteiger partial charge in [-0.15, -0.1) is 0 Å². The van der Waals surface area contributed by atoms with E-state index in [4.69, 9.17) is 18.3 Å². The molecule has 0 radical (unpaired) electrons. The molecule has 2 aliphatic rings. The van der Waals surface area contributed by atoms with E-state index in [0.29, 0.717) is 41.2 Å². The van der Waals surface area contributed by atoms with Gasteiger partial charge in [0.05, 0.1) is 12.4 Å². The van der Waals surface area contributed by atoms with E-state index in [1.807, 2.05) is 23.6 Å². The van der Waals surface area contributed by atoms with Crippen LogP contribution in [0.2, 0.25) is 0 Å². The van der Waals surface area contributed by atoms with E-state index in [-0.39, 0.29) is 82.8 Å². The fraction of sp³-hybridized carbons (Fsp3) is 0.316. The Bertz CT molecular complexity index is 2500. The minimum atomic E-state index is -1.13. The van der Waals surface area contributed by atoms with Gasteiger partial charge < -0.3 is 38.4 Å². The van der Waals surface area contributed by atoms with Crippen molar-refractivity contribution in [3.05, 3.63) is 99.0 Å². The first-order valence-electron chi connectivity index (χ1n) is 17.5. The van der Waals surface area contributed by atoms with Crippen LogP contribution in [-0.4, -0.2) is 67.6 Å². The summed E-state index contributed by atoms with van der Waals surface area (Å²) in [6, 6.07) is 12.3. The number of hydrogen-bond acceptors (Lipinski definition) is 13. The van der Waals surface area contributed by atoms with Gasteiger partial charge in [-0.2, -0.15) is 9.97 Å². The number of nitrogens with one attached hydrogen (secondary N) is 2. The van der Waals surface area contributed by atoms with E-state index in [1.54, 1.807) is 36.7 Å². The van der Waals surface area contributed by atoms with Gasteiger partial charge in [0.15, 0.2) is 33.6 Å². The molecular formula is C38H36N6O9. The van der Waals surface area contributed by atoms with Crippen molar-refractivity contribution >= 4 is 50.8 Å². The molecule has 0 spiro atoms. The second-order valence-electron chi connectivity index (χ2n) is 13.2. The Morgan fingerprint density at radius 2 is 1.68 bits per heavy atom. The fourth-order valence-corrected chi connectivity index (χ4v) is 6.35. The highest BCUT2D eigenvalue weighted by Crippen LogP contribution is 2.33. The summed E-state index contributed by atoms with van der Waals surface area (Å²) >= 11 is 0. The molecule has 2 aliphatic carbocycles. The van der Waals surface area contributed by atoms with Crippen LogP contribution in [0.3, 0.4) is 0 Å². The van der Waals surface area contributed by atoms with Gasteiger partial charge in [-0.1, -0.05) is 31.2 Å². The summed E-state index contributed by atoms with van der Waals surface area (Å²) in [5.41, 5.74) is 0.767. The number of nitrogens with zero attached hydrogens (tertiary/aromatic N) is 4. The molecule has 0 saturated heterocycles. The number of imidazole rings is 1. The highest BCUT2D eigenvalue weighted by molar-refractivity contribution is 6.03. The van der Waals surface area contributed by atoms with Crippen molar-refractivity contribution in [2.75, 3.05) is 30.5 Å². The van der Waals surface area contributed by atoms with E-state index in [0.717, 1.165) is 18.9 Å². The van der Waals surface area contributed by atoms with E-state index in [2.05, 4.69) is 25.6 Å². The molecule has 8 rings (SSSR count). The largest absolute Gasteiger partial charge is 0.490 e. The van der Waals surface area contributed by atoms with Crippen LogP contribution < -0.4 is 31.0 Å². The molecule has 4 N–H and O–H groups in total. The number of aliphatic hydroxyl groups excluding tert-OH is 2. The number of fused-ring (bicyclic) bond motifs is 3. The first-order chi connectivity index (χ1) is 25.8. The van der Waals surface area contributed by atoms with Gasteiger partial charge in [-0.25, -0.2) is 4.98 Å². The molecule has 53 heavy (non-hydrogen) atoms. The topological polar surface area (TPSA) is 204 Å². The lowest BCUT2D eigenvalue weighted by Crippen LogP contribution is -2.25. The lowest BCUT2D eigenvalue weighted by Gasteiger charge is -2.15. The summed E-state index contributed by atoms with van der Waals surface area (Å²) < 4.78 is 25.1. The SMILES string of the molecule is CCc1cc(=O)c2c(OCC(O)COc3cccc4oc(C(=O)Nc5nc(NC6CC6)c6ncn(C7C=C[C@@H](CO)C7)c6n5)cc(=O)c34)cccc2o1. The quantitative estimate of drug-likeness (QED) is 0.123. The molecule has 2 aromatic carbocycles. The molecule has 3 atom stereocenters. The minimum Gasteiger partial charge on any atom is -0.490 e. The average Bonchev–Trinajstić information content (AvgIpc) is 3.66. The Balaban J connectivity index is 0.980. The molecule has 4 heterocycles. The average molecular weight is 721 g/mol. The second kappa shape index (κ2) is 14.2. The molecule has 2 unspecified atom stereocenters. The Morgan fingerprint density at radius 3 is 2.34 bits per heavy atom. The minimum absolute atomic E-state index is 0.000740. The molecule has 6 aromatic rings. The van der Waals surface area contributed by atoms with E-state index >= 15 is 0 Å². The number of rotatable bonds is 13. The number of amides is 1. The van der Waals surface area contributed by atoms with Crippen molar-refractivity contribution < 1.29 is 33.3 Å². The van der Waals surface area contributed by atoms with Crippen LogP contribution in [0.1, 0.15) is 48.5 Å². The molecule has 272 valence electrons. The van der Waals surface area contributed by atoms with Crippen LogP contribution in [0.25, 0.3) is 33.1 Å². The third-order valence-electron chi connectivity index (χ3n) is 9.23. The summed E-state index contributed by atoms with van der Waals surface area (Å²) in [6.07, 6.45) is 7.75. The summed E-state index contributed by atoms with van der Waals surface area (Å²) in [5.74, 6) is 0.475. The van der Waals surface area contributed by atoms with Gasteiger partial charge in [-0.3, -0.25) is 19.7 Å². The van der Waals surface area contributed by atoms with Gasteiger partial charge in [0, 0.05) is 37.1 Å². The maximum atomic E-state index is 13.5. The molecule has 0 aliphatic heterocycles. The molecule has 15 nitrogen and oxygen atoms in total. The number of aromatic nitrogens is 4. The number of aryl methyl sites for hydroxylation is 1. The third-order valence-corrected chi connectivity index (χ3v) is 9.23. The van der Waals surface area contributed by atoms with Crippen molar-refractivity contribution in [2.24, 2.45) is 5.92 Å². The number of anilines is 2. The lowest BCUT2D eigenvalue weighted by atomic mass is 10.1. The van der Waals surface area contributed by atoms with Crippen LogP contribution in [0, 0.1) is 5.92 Å². The first kappa shape index (κ1) is 34.0. The first-order valence-corrected chi connectivity index (χ1v) is 17.5. The summed E-state index contributed by atoms with van der Waals surface area (Å²) in [4.78, 5) is 53.2. The Labute approximate surface area is 300 Å². The highest BCUT2D eigenvalue weighted by atomic mass is 16.5. The number of hydrogen-bond donors (Lipinski definition) is 4. The summed E-state index contributed by atoms with van der Waals surface area (Å²) in [5, 5.41) is 26.7. The summed E-state index contributed by atoms with van der Waals surface area (Å²) in [6.45, 7) is 1.48. The van der Waals surface area contributed by atoms with Crippen LogP contribution >= 0.6 is 0 Å². The predicted molar refractivity (Wildman–Crippen MR) is 195 cm³/mol. The number of allylic oxidation sites excluding steroid dienone is 1. The maximum absolute atomic E-state index is 13.5. The zero-order valence-electron chi connectivity index (χ0n) is 28.7. The molecular weight excluding hydrogens is 684 g/mol. The normalized spacial score (nSPS) is 17.4. The van der Waals surface area contributed by atoms with E-state index in [1.165, 1.54) is 12.1 Å². The number of carbonyl (C=O) groups is 1. The van der Waals surface area contributed by atoms with Crippen molar-refractivity contribution in [1.29, 1.82) is 0 Å². The van der Waals surface area contributed by atoms with Crippen LogP contribution in [0.5, 0.6) is 11.5 Å². The highest BCUT2D eigenvalue weighted by Gasteiger charge is 2.27. The standard InChI is InChI=1S/C38H36N6O9/c1-2-24-14-25(47)32-27(5-3-7-29(32)52-24)50-17-23(46)18-51-28-6-4-8-30-33(28)26(48)15-31(53-30)37(49)43-38-41-35(40-21-10-11-21)34-36(42-38)44(19-39-34)22-12-9-20(13-22)16-45/h3-9,12,14-15,19-23,45-46H,2,10-11,13,16-18H2,1H3,(H2,40,41,42,43,49)/t20-,22?,23?/m1/s1. The molecule has 1 amide bonds. The van der Waals surface area contributed by atoms with Gasteiger partial charge in [0.1, 0.15) is 58.5 Å². The Kier molecular flexibility index (Phi) is 9.10. The summed E-state index contributed by atoms with van der Waals surface area (Å²) in [7, 11) is 0. The predicted octanol–water partition coefficient (Wildman–Crippen LogP) is 4.36. The number of ether oxygens (including phenoxy) is 2.